The van der Waals surface area contributed by atoms with Crippen LogP contribution in [0.15, 0.2) is 0 Å². The molecule has 0 heterocycles. The molecule has 0 nitrogen and oxygen atoms in total. The van der Waals surface area contributed by atoms with Gasteiger partial charge in [-0.15, -0.1) is 0 Å². The summed E-state index contributed by atoms with van der Waals surface area (Å²) in [6.07, 6.45) is 14.6. The summed E-state index contributed by atoms with van der Waals surface area (Å²) < 4.78 is 2.68. The maximum absolute atomic E-state index is 2.47. The molecule has 2 heteroatoms. The van der Waals surface area contributed by atoms with E-state index in [0.717, 1.165) is 0 Å². The molecule has 0 aliphatic rings. The van der Waals surface area contributed by atoms with Crippen molar-refractivity contribution in [3.8, 4) is 0 Å². The number of halogens is 2. The van der Waals surface area contributed by atoms with Gasteiger partial charge in [-0.25, -0.2) is 0 Å². The first kappa shape index (κ1) is 15.5. The number of rotatable bonds is 11. The van der Waals surface area contributed by atoms with Crippen molar-refractivity contribution in [2.24, 2.45) is 0 Å². The molecule has 0 aromatic rings. The molecular formula is C12H24I2. The normalized spacial score (nSPS) is 10.7. The van der Waals surface area contributed by atoms with E-state index < -0.39 is 0 Å². The topological polar surface area (TPSA) is 0 Å². The van der Waals surface area contributed by atoms with Gasteiger partial charge in [-0.05, 0) is 21.7 Å². The largest absolute Gasteiger partial charge is 0.0864 e. The van der Waals surface area contributed by atoms with Crippen molar-refractivity contribution >= 4 is 45.2 Å². The summed E-state index contributed by atoms with van der Waals surface area (Å²) in [7, 11) is 0. The van der Waals surface area contributed by atoms with E-state index in [9.17, 15) is 0 Å². The van der Waals surface area contributed by atoms with Crippen molar-refractivity contribution < 1.29 is 0 Å². The first-order chi connectivity index (χ1) is 6.91. The third-order valence-electron chi connectivity index (χ3n) is 2.52. The van der Waals surface area contributed by atoms with Crippen molar-refractivity contribution in [3.05, 3.63) is 0 Å². The van der Waals surface area contributed by atoms with Crippen LogP contribution in [0.25, 0.3) is 0 Å². The summed E-state index contributed by atoms with van der Waals surface area (Å²) in [5, 5.41) is 0. The van der Waals surface area contributed by atoms with Crippen LogP contribution in [0.1, 0.15) is 64.2 Å². The van der Waals surface area contributed by atoms with Crippen LogP contribution in [0.4, 0.5) is 0 Å². The predicted molar refractivity (Wildman–Crippen MR) is 83.9 cm³/mol. The summed E-state index contributed by atoms with van der Waals surface area (Å²) in [6.45, 7) is 0. The molecule has 0 bridgehead atoms. The van der Waals surface area contributed by atoms with E-state index in [-0.39, 0.29) is 0 Å². The Balaban J connectivity index is 2.78. The van der Waals surface area contributed by atoms with E-state index in [1.807, 2.05) is 0 Å². The lowest BCUT2D eigenvalue weighted by Crippen LogP contribution is -1.82. The van der Waals surface area contributed by atoms with Crippen LogP contribution < -0.4 is 0 Å². The zero-order chi connectivity index (χ0) is 10.5. The average Bonchev–Trinajstić information content (AvgIpc) is 2.21. The highest BCUT2D eigenvalue weighted by molar-refractivity contribution is 14.1. The second kappa shape index (κ2) is 14.5. The number of alkyl halides is 2. The Morgan fingerprint density at radius 1 is 0.357 bits per heavy atom. The van der Waals surface area contributed by atoms with Gasteiger partial charge in [-0.3, -0.25) is 0 Å². The van der Waals surface area contributed by atoms with Gasteiger partial charge in [0.15, 0.2) is 0 Å². The van der Waals surface area contributed by atoms with Crippen LogP contribution in [0.5, 0.6) is 0 Å². The Kier molecular flexibility index (Phi) is 16.0. The minimum atomic E-state index is 1.34. The van der Waals surface area contributed by atoms with Crippen LogP contribution in [0.2, 0.25) is 0 Å². The quantitative estimate of drug-likeness (QED) is 0.226. The molecule has 0 saturated heterocycles. The molecule has 0 unspecified atom stereocenters. The monoisotopic (exact) mass is 422 g/mol. The second-order valence-electron chi connectivity index (χ2n) is 3.91. The maximum Gasteiger partial charge on any atom is -0.000473 e. The summed E-state index contributed by atoms with van der Waals surface area (Å²) >= 11 is 4.95. The lowest BCUT2D eigenvalue weighted by Gasteiger charge is -2.01. The predicted octanol–water partition coefficient (Wildman–Crippen LogP) is 5.76. The summed E-state index contributed by atoms with van der Waals surface area (Å²) in [4.78, 5) is 0. The Hall–Kier alpha value is 1.46. The summed E-state index contributed by atoms with van der Waals surface area (Å²) in [5.74, 6) is 0. The molecule has 0 saturated carbocycles. The van der Waals surface area contributed by atoms with E-state index in [4.69, 9.17) is 0 Å². The van der Waals surface area contributed by atoms with Gasteiger partial charge < -0.3 is 0 Å². The van der Waals surface area contributed by atoms with E-state index in [1.165, 1.54) is 73.1 Å². The van der Waals surface area contributed by atoms with E-state index in [1.54, 1.807) is 0 Å². The molecule has 0 aromatic heterocycles. The van der Waals surface area contributed by atoms with Gasteiger partial charge in [0.05, 0.1) is 0 Å². The number of hydrogen-bond donors (Lipinski definition) is 0. The van der Waals surface area contributed by atoms with Gasteiger partial charge in [-0.2, -0.15) is 0 Å². The molecule has 0 amide bonds. The second-order valence-corrected chi connectivity index (χ2v) is 6.07. The zero-order valence-electron chi connectivity index (χ0n) is 9.24. The fourth-order valence-corrected chi connectivity index (χ4v) is 2.68. The molecule has 0 fully saturated rings. The van der Waals surface area contributed by atoms with Crippen LogP contribution in [-0.2, 0) is 0 Å². The summed E-state index contributed by atoms with van der Waals surface area (Å²) in [6, 6.07) is 0. The molecular weight excluding hydrogens is 398 g/mol. The fourth-order valence-electron chi connectivity index (χ4n) is 1.60. The fraction of sp³-hybridized carbons (Fsp3) is 1.00. The molecule has 0 radical (unpaired) electrons. The van der Waals surface area contributed by atoms with Crippen LogP contribution >= 0.6 is 45.2 Å². The Bertz CT molecular complexity index is 82.3. The highest BCUT2D eigenvalue weighted by Crippen LogP contribution is 2.11. The molecule has 0 aromatic carbocycles. The summed E-state index contributed by atoms with van der Waals surface area (Å²) in [5.41, 5.74) is 0. The lowest BCUT2D eigenvalue weighted by molar-refractivity contribution is 0.565. The highest BCUT2D eigenvalue weighted by Gasteiger charge is 1.92. The standard InChI is InChI=1S/C12H24I2/c13-11-9-7-5-3-1-2-4-6-8-10-12-14/h1-12H2. The van der Waals surface area contributed by atoms with Gasteiger partial charge in [0, 0.05) is 0 Å². The van der Waals surface area contributed by atoms with Gasteiger partial charge in [0.2, 0.25) is 0 Å². The third kappa shape index (κ3) is 13.5. The minimum absolute atomic E-state index is 1.34. The van der Waals surface area contributed by atoms with Gasteiger partial charge >= 0.3 is 0 Å². The van der Waals surface area contributed by atoms with Crippen LogP contribution in [-0.4, -0.2) is 8.86 Å². The first-order valence-electron chi connectivity index (χ1n) is 6.03. The molecule has 0 N–H and O–H groups in total. The molecule has 14 heavy (non-hydrogen) atoms. The highest BCUT2D eigenvalue weighted by atomic mass is 127. The van der Waals surface area contributed by atoms with Gasteiger partial charge in [-0.1, -0.05) is 96.5 Å². The lowest BCUT2D eigenvalue weighted by atomic mass is 10.1. The Morgan fingerprint density at radius 2 is 0.571 bits per heavy atom. The van der Waals surface area contributed by atoms with Crippen molar-refractivity contribution in [2.75, 3.05) is 8.86 Å². The zero-order valence-corrected chi connectivity index (χ0v) is 13.6. The maximum atomic E-state index is 2.47. The molecule has 0 spiro atoms. The molecule has 0 rings (SSSR count). The first-order valence-corrected chi connectivity index (χ1v) is 9.09. The Morgan fingerprint density at radius 3 is 0.786 bits per heavy atom. The third-order valence-corrected chi connectivity index (χ3v) is 4.04. The van der Waals surface area contributed by atoms with Gasteiger partial charge in [0.1, 0.15) is 0 Å². The molecule has 86 valence electrons. The average molecular weight is 422 g/mol. The van der Waals surface area contributed by atoms with Crippen molar-refractivity contribution in [1.82, 2.24) is 0 Å². The van der Waals surface area contributed by atoms with E-state index in [2.05, 4.69) is 45.2 Å². The molecule has 0 aliphatic carbocycles. The van der Waals surface area contributed by atoms with Crippen molar-refractivity contribution in [3.63, 3.8) is 0 Å². The number of hydrogen-bond acceptors (Lipinski definition) is 0. The van der Waals surface area contributed by atoms with Crippen LogP contribution in [0, 0.1) is 0 Å². The van der Waals surface area contributed by atoms with Gasteiger partial charge in [0.25, 0.3) is 0 Å². The number of unbranched alkanes of at least 4 members (excludes halogenated alkanes) is 9. The van der Waals surface area contributed by atoms with Crippen molar-refractivity contribution in [1.29, 1.82) is 0 Å². The van der Waals surface area contributed by atoms with E-state index in [0.29, 0.717) is 0 Å². The van der Waals surface area contributed by atoms with E-state index >= 15 is 0 Å². The van der Waals surface area contributed by atoms with Crippen molar-refractivity contribution in [2.45, 2.75) is 64.2 Å². The van der Waals surface area contributed by atoms with Crippen LogP contribution in [0.3, 0.4) is 0 Å². The molecule has 0 atom stereocenters. The minimum Gasteiger partial charge on any atom is -0.0864 e. The Labute approximate surface area is 117 Å². The smallest absolute Gasteiger partial charge is 0.000473 e. The molecule has 0 aliphatic heterocycles. The SMILES string of the molecule is ICCCCCCCCCCCCI.